The van der Waals surface area contributed by atoms with Crippen molar-refractivity contribution in [2.24, 2.45) is 11.8 Å². The lowest BCUT2D eigenvalue weighted by atomic mass is 9.81. The molecule has 2 aromatic heterocycles. The van der Waals surface area contributed by atoms with Gasteiger partial charge in [0.2, 0.25) is 0 Å². The van der Waals surface area contributed by atoms with Crippen molar-refractivity contribution in [3.8, 4) is 10.4 Å². The fourth-order valence-electron chi connectivity index (χ4n) is 4.82. The maximum atomic E-state index is 12.9. The Hall–Kier alpha value is -2.66. The van der Waals surface area contributed by atoms with Crippen LogP contribution < -0.4 is 0 Å². The summed E-state index contributed by atoms with van der Waals surface area (Å²) in [7, 11) is 0. The molecule has 1 aliphatic rings. The van der Waals surface area contributed by atoms with E-state index in [4.69, 9.17) is 4.42 Å². The average Bonchev–Trinajstić information content (AvgIpc) is 3.49. The standard InChI is InChI=1S/C27H31NO3S/c1-2-21(22-6-3-14-28(15-13-22)27(30)25-7-4-16-31-25)19-24(29)18-20-9-11-23(12-10-20)26-8-5-17-32-26/h4-5,7-12,16-17,21-22H,2-3,6,13-15,18-19H2,1H3. The minimum absolute atomic E-state index is 0.0224. The van der Waals surface area contributed by atoms with E-state index < -0.39 is 0 Å². The van der Waals surface area contributed by atoms with Crippen LogP contribution in [0.3, 0.4) is 0 Å². The molecule has 2 unspecified atom stereocenters. The van der Waals surface area contributed by atoms with Crippen molar-refractivity contribution in [3.05, 3.63) is 71.5 Å². The summed E-state index contributed by atoms with van der Waals surface area (Å²) in [4.78, 5) is 28.7. The third-order valence-corrected chi connectivity index (χ3v) is 7.55. The smallest absolute Gasteiger partial charge is 0.289 e. The van der Waals surface area contributed by atoms with Gasteiger partial charge in [0.25, 0.3) is 5.91 Å². The van der Waals surface area contributed by atoms with E-state index in [0.717, 1.165) is 44.3 Å². The molecule has 0 saturated carbocycles. The van der Waals surface area contributed by atoms with E-state index in [1.807, 2.05) is 4.90 Å². The molecule has 0 N–H and O–H groups in total. The van der Waals surface area contributed by atoms with Crippen LogP contribution in [0.1, 0.15) is 55.1 Å². The Labute approximate surface area is 194 Å². The van der Waals surface area contributed by atoms with E-state index in [1.54, 1.807) is 29.7 Å². The second-order valence-corrected chi connectivity index (χ2v) is 9.67. The molecule has 0 aliphatic carbocycles. The highest BCUT2D eigenvalue weighted by Crippen LogP contribution is 2.31. The largest absolute Gasteiger partial charge is 0.459 e. The normalized spacial score (nSPS) is 17.7. The minimum Gasteiger partial charge on any atom is -0.459 e. The van der Waals surface area contributed by atoms with Gasteiger partial charge in [-0.2, -0.15) is 0 Å². The maximum Gasteiger partial charge on any atom is 0.289 e. The zero-order valence-electron chi connectivity index (χ0n) is 18.7. The van der Waals surface area contributed by atoms with Crippen molar-refractivity contribution in [2.45, 2.75) is 45.4 Å². The summed E-state index contributed by atoms with van der Waals surface area (Å²) in [5, 5.41) is 2.08. The number of ketones is 1. The molecule has 1 saturated heterocycles. The maximum absolute atomic E-state index is 12.9. The minimum atomic E-state index is -0.0224. The first-order valence-electron chi connectivity index (χ1n) is 11.6. The third-order valence-electron chi connectivity index (χ3n) is 6.63. The second kappa shape index (κ2) is 10.8. The topological polar surface area (TPSA) is 50.5 Å². The van der Waals surface area contributed by atoms with E-state index >= 15 is 0 Å². The zero-order valence-corrected chi connectivity index (χ0v) is 19.5. The molecule has 3 heterocycles. The Morgan fingerprint density at radius 2 is 1.94 bits per heavy atom. The summed E-state index contributed by atoms with van der Waals surface area (Å²) in [5.74, 6) is 1.57. The van der Waals surface area contributed by atoms with Gasteiger partial charge in [0, 0.05) is 30.8 Å². The average molecular weight is 450 g/mol. The monoisotopic (exact) mass is 449 g/mol. The number of hydrogen-bond donors (Lipinski definition) is 0. The molecule has 1 aromatic carbocycles. The molecule has 4 nitrogen and oxygen atoms in total. The fourth-order valence-corrected chi connectivity index (χ4v) is 5.55. The van der Waals surface area contributed by atoms with Crippen LogP contribution in [0.2, 0.25) is 0 Å². The zero-order chi connectivity index (χ0) is 22.3. The predicted molar refractivity (Wildman–Crippen MR) is 129 cm³/mol. The summed E-state index contributed by atoms with van der Waals surface area (Å²) in [5.41, 5.74) is 2.29. The van der Waals surface area contributed by atoms with E-state index in [-0.39, 0.29) is 5.91 Å². The molecule has 0 radical (unpaired) electrons. The third kappa shape index (κ3) is 5.57. The molecule has 1 amide bonds. The Bertz CT molecular complexity index is 992. The number of rotatable bonds is 8. The van der Waals surface area contributed by atoms with Gasteiger partial charge in [-0.05, 0) is 65.8 Å². The number of amides is 1. The molecule has 32 heavy (non-hydrogen) atoms. The fraction of sp³-hybridized carbons (Fsp3) is 0.407. The number of Topliss-reactive ketones (excluding diaryl/α,β-unsaturated/α-hetero) is 1. The van der Waals surface area contributed by atoms with Gasteiger partial charge in [0.05, 0.1) is 6.26 Å². The number of benzene rings is 1. The molecule has 5 heteroatoms. The molecular formula is C27H31NO3S. The SMILES string of the molecule is CCC(CC(=O)Cc1ccc(-c2cccs2)cc1)C1CCCN(C(=O)c2ccco2)CC1. The number of thiophene rings is 1. The highest BCUT2D eigenvalue weighted by molar-refractivity contribution is 7.13. The molecule has 168 valence electrons. The molecule has 2 atom stereocenters. The van der Waals surface area contributed by atoms with Crippen molar-refractivity contribution < 1.29 is 14.0 Å². The number of nitrogens with zero attached hydrogens (tertiary/aromatic N) is 1. The quantitative estimate of drug-likeness (QED) is 0.395. The van der Waals surface area contributed by atoms with E-state index in [1.165, 1.54) is 10.4 Å². The van der Waals surface area contributed by atoms with E-state index in [9.17, 15) is 9.59 Å². The van der Waals surface area contributed by atoms with Gasteiger partial charge in [-0.15, -0.1) is 11.3 Å². The van der Waals surface area contributed by atoms with Crippen molar-refractivity contribution in [2.75, 3.05) is 13.1 Å². The van der Waals surface area contributed by atoms with Crippen LogP contribution >= 0.6 is 11.3 Å². The van der Waals surface area contributed by atoms with Crippen LogP contribution in [-0.4, -0.2) is 29.7 Å². The number of hydrogen-bond acceptors (Lipinski definition) is 4. The molecule has 0 spiro atoms. The van der Waals surface area contributed by atoms with Crippen LogP contribution in [0.4, 0.5) is 0 Å². The van der Waals surface area contributed by atoms with Crippen molar-refractivity contribution in [1.29, 1.82) is 0 Å². The van der Waals surface area contributed by atoms with Crippen LogP contribution in [0.5, 0.6) is 0 Å². The Morgan fingerprint density at radius 3 is 2.62 bits per heavy atom. The first-order chi connectivity index (χ1) is 15.6. The number of carbonyl (C=O) groups is 2. The van der Waals surface area contributed by atoms with Gasteiger partial charge in [-0.3, -0.25) is 9.59 Å². The summed E-state index contributed by atoms with van der Waals surface area (Å²) >= 11 is 1.73. The summed E-state index contributed by atoms with van der Waals surface area (Å²) < 4.78 is 5.29. The van der Waals surface area contributed by atoms with Gasteiger partial charge in [-0.25, -0.2) is 0 Å². The van der Waals surface area contributed by atoms with Gasteiger partial charge >= 0.3 is 0 Å². The lowest BCUT2D eigenvalue weighted by molar-refractivity contribution is -0.119. The molecule has 3 aromatic rings. The van der Waals surface area contributed by atoms with Gasteiger partial charge < -0.3 is 9.32 Å². The van der Waals surface area contributed by atoms with Crippen LogP contribution in [0.15, 0.2) is 64.6 Å². The Morgan fingerprint density at radius 1 is 1.09 bits per heavy atom. The lowest BCUT2D eigenvalue weighted by Crippen LogP contribution is -2.32. The van der Waals surface area contributed by atoms with Gasteiger partial charge in [0.1, 0.15) is 5.78 Å². The number of furan rings is 1. The molecular weight excluding hydrogens is 418 g/mol. The summed E-state index contributed by atoms with van der Waals surface area (Å²) in [6.07, 6.45) is 6.67. The summed E-state index contributed by atoms with van der Waals surface area (Å²) in [6.45, 7) is 3.68. The predicted octanol–water partition coefficient (Wildman–Crippen LogP) is 6.48. The number of carbonyl (C=O) groups excluding carboxylic acids is 2. The van der Waals surface area contributed by atoms with Crippen LogP contribution in [0, 0.1) is 11.8 Å². The molecule has 0 bridgehead atoms. The molecule has 1 aliphatic heterocycles. The van der Waals surface area contributed by atoms with E-state index in [2.05, 4.69) is 48.7 Å². The summed E-state index contributed by atoms with van der Waals surface area (Å²) in [6, 6.07) is 16.0. The van der Waals surface area contributed by atoms with E-state index in [0.29, 0.717) is 36.2 Å². The van der Waals surface area contributed by atoms with Crippen molar-refractivity contribution >= 4 is 23.0 Å². The van der Waals surface area contributed by atoms with Crippen LogP contribution in [-0.2, 0) is 11.2 Å². The van der Waals surface area contributed by atoms with Crippen molar-refractivity contribution in [1.82, 2.24) is 4.90 Å². The highest BCUT2D eigenvalue weighted by Gasteiger charge is 2.28. The van der Waals surface area contributed by atoms with Crippen molar-refractivity contribution in [3.63, 3.8) is 0 Å². The molecule has 4 rings (SSSR count). The van der Waals surface area contributed by atoms with Gasteiger partial charge in [-0.1, -0.05) is 43.7 Å². The van der Waals surface area contributed by atoms with Crippen LogP contribution in [0.25, 0.3) is 10.4 Å². The Kier molecular flexibility index (Phi) is 7.59. The highest BCUT2D eigenvalue weighted by atomic mass is 32.1. The lowest BCUT2D eigenvalue weighted by Gasteiger charge is -2.25. The molecule has 1 fully saturated rings. The number of likely N-dealkylation sites (tertiary alicyclic amines) is 1. The first-order valence-corrected chi connectivity index (χ1v) is 12.5. The van der Waals surface area contributed by atoms with Gasteiger partial charge in [0.15, 0.2) is 5.76 Å². The second-order valence-electron chi connectivity index (χ2n) is 8.72. The Balaban J connectivity index is 1.30. The first kappa shape index (κ1) is 22.5.